The molecule has 148 valence electrons. The lowest BCUT2D eigenvalue weighted by Crippen LogP contribution is -2.03. The molecule has 0 unspecified atom stereocenters. The van der Waals surface area contributed by atoms with Crippen molar-refractivity contribution in [3.05, 3.63) is 48.3 Å². The fourth-order valence-corrected chi connectivity index (χ4v) is 3.47. The number of rotatable bonds is 9. The van der Waals surface area contributed by atoms with Crippen LogP contribution in [0.25, 0.3) is 11.0 Å². The van der Waals surface area contributed by atoms with Crippen molar-refractivity contribution in [1.29, 1.82) is 0 Å². The summed E-state index contributed by atoms with van der Waals surface area (Å²) in [7, 11) is 1.39. The number of methoxy groups -OCH3 is 1. The molecular formula is C19H19F2N3O3S. The molecule has 1 aromatic carbocycles. The first kappa shape index (κ1) is 19.9. The van der Waals surface area contributed by atoms with Gasteiger partial charge in [0.2, 0.25) is 0 Å². The number of fused-ring (bicyclic) bond motifs is 1. The summed E-state index contributed by atoms with van der Waals surface area (Å²) in [4.78, 5) is 12.0. The number of hydrogen-bond donors (Lipinski definition) is 1. The summed E-state index contributed by atoms with van der Waals surface area (Å²) in [6.45, 7) is 3.07. The number of aromatic nitrogens is 3. The second kappa shape index (κ2) is 8.92. The van der Waals surface area contributed by atoms with Gasteiger partial charge in [0, 0.05) is 29.6 Å². The molecule has 0 aliphatic carbocycles. The third-order valence-electron chi connectivity index (χ3n) is 3.92. The van der Waals surface area contributed by atoms with Gasteiger partial charge >= 0.3 is 6.61 Å². The highest BCUT2D eigenvalue weighted by Crippen LogP contribution is 2.34. The zero-order chi connectivity index (χ0) is 20.1. The number of nitrogens with zero attached hydrogens (tertiary/aromatic N) is 2. The fourth-order valence-electron chi connectivity index (χ4n) is 2.56. The average Bonchev–Trinajstić information content (AvgIpc) is 3.06. The van der Waals surface area contributed by atoms with Gasteiger partial charge in [0.25, 0.3) is 0 Å². The second-order valence-electron chi connectivity index (χ2n) is 5.71. The van der Waals surface area contributed by atoms with Gasteiger partial charge in [-0.1, -0.05) is 24.4 Å². The number of pyridine rings is 1. The van der Waals surface area contributed by atoms with Crippen molar-refractivity contribution in [2.45, 2.75) is 24.4 Å². The third-order valence-corrected chi connectivity index (χ3v) is 4.81. The minimum Gasteiger partial charge on any atom is -0.493 e. The van der Waals surface area contributed by atoms with E-state index in [0.717, 1.165) is 17.0 Å². The molecule has 0 amide bonds. The van der Waals surface area contributed by atoms with Gasteiger partial charge < -0.3 is 19.2 Å². The molecule has 1 N–H and O–H groups in total. The van der Waals surface area contributed by atoms with E-state index in [4.69, 9.17) is 9.47 Å². The minimum atomic E-state index is -2.94. The van der Waals surface area contributed by atoms with Gasteiger partial charge in [-0.2, -0.15) is 8.78 Å². The number of benzene rings is 1. The van der Waals surface area contributed by atoms with Crippen LogP contribution in [-0.4, -0.2) is 35.3 Å². The van der Waals surface area contributed by atoms with Crippen LogP contribution < -0.4 is 14.2 Å². The van der Waals surface area contributed by atoms with Crippen LogP contribution in [0, 0.1) is 6.92 Å². The first-order valence-corrected chi connectivity index (χ1v) is 9.34. The van der Waals surface area contributed by atoms with Crippen molar-refractivity contribution in [3.63, 3.8) is 0 Å². The topological polar surface area (TPSA) is 69.3 Å². The van der Waals surface area contributed by atoms with Crippen molar-refractivity contribution in [1.82, 2.24) is 15.0 Å². The van der Waals surface area contributed by atoms with E-state index in [1.54, 1.807) is 18.3 Å². The van der Waals surface area contributed by atoms with E-state index in [1.807, 2.05) is 13.0 Å². The van der Waals surface area contributed by atoms with E-state index in [-0.39, 0.29) is 11.5 Å². The largest absolute Gasteiger partial charge is 0.493 e. The molecule has 0 aliphatic heterocycles. The molecule has 0 fully saturated rings. The van der Waals surface area contributed by atoms with Crippen LogP contribution >= 0.6 is 11.8 Å². The summed E-state index contributed by atoms with van der Waals surface area (Å²) in [5.74, 6) is 1.47. The van der Waals surface area contributed by atoms with E-state index in [0.29, 0.717) is 28.5 Å². The van der Waals surface area contributed by atoms with Gasteiger partial charge in [-0.3, -0.25) is 4.98 Å². The summed E-state index contributed by atoms with van der Waals surface area (Å²) in [5, 5.41) is 0.630. The van der Waals surface area contributed by atoms with E-state index in [9.17, 15) is 8.78 Å². The molecule has 0 spiro atoms. The molecule has 0 saturated heterocycles. The summed E-state index contributed by atoms with van der Waals surface area (Å²) in [6, 6.07) is 4.82. The van der Waals surface area contributed by atoms with Crippen LogP contribution in [0.3, 0.4) is 0 Å². The maximum Gasteiger partial charge on any atom is 0.387 e. The Morgan fingerprint density at radius 3 is 2.82 bits per heavy atom. The van der Waals surface area contributed by atoms with Gasteiger partial charge in [0.15, 0.2) is 16.7 Å². The Kier molecular flexibility index (Phi) is 6.35. The quantitative estimate of drug-likeness (QED) is 0.408. The number of imidazole rings is 1. The maximum absolute atomic E-state index is 12.6. The maximum atomic E-state index is 12.6. The average molecular weight is 407 g/mol. The molecule has 0 aliphatic rings. The van der Waals surface area contributed by atoms with E-state index >= 15 is 0 Å². The third kappa shape index (κ3) is 4.53. The Labute approximate surface area is 164 Å². The Morgan fingerprint density at radius 2 is 2.11 bits per heavy atom. The Hall–Kier alpha value is -2.81. The minimum absolute atomic E-state index is 0.0465. The van der Waals surface area contributed by atoms with Crippen LogP contribution in [0.2, 0.25) is 0 Å². The van der Waals surface area contributed by atoms with Gasteiger partial charge in [0.1, 0.15) is 12.4 Å². The lowest BCUT2D eigenvalue weighted by Gasteiger charge is -2.10. The van der Waals surface area contributed by atoms with E-state index < -0.39 is 6.61 Å². The molecule has 0 bridgehead atoms. The molecule has 2 heterocycles. The van der Waals surface area contributed by atoms with Crippen LogP contribution in [0.15, 0.2) is 42.2 Å². The summed E-state index contributed by atoms with van der Waals surface area (Å²) in [6.07, 6.45) is 3.38. The molecular weight excluding hydrogens is 388 g/mol. The molecule has 28 heavy (non-hydrogen) atoms. The lowest BCUT2D eigenvalue weighted by molar-refractivity contribution is -0.0511. The molecule has 0 radical (unpaired) electrons. The summed E-state index contributed by atoms with van der Waals surface area (Å²) >= 11 is 1.44. The number of thioether (sulfide) groups is 1. The monoisotopic (exact) mass is 407 g/mol. The zero-order valence-electron chi connectivity index (χ0n) is 15.4. The van der Waals surface area contributed by atoms with Crippen molar-refractivity contribution in [3.8, 4) is 17.2 Å². The number of aromatic amines is 1. The predicted octanol–water partition coefficient (Wildman–Crippen LogP) is 4.73. The highest BCUT2D eigenvalue weighted by molar-refractivity contribution is 7.98. The van der Waals surface area contributed by atoms with Crippen molar-refractivity contribution in [2.75, 3.05) is 13.7 Å². The molecule has 0 saturated carbocycles. The molecule has 6 nitrogen and oxygen atoms in total. The van der Waals surface area contributed by atoms with Gasteiger partial charge in [-0.15, -0.1) is 0 Å². The Morgan fingerprint density at radius 1 is 1.29 bits per heavy atom. The van der Waals surface area contributed by atoms with Crippen molar-refractivity contribution < 1.29 is 23.0 Å². The normalized spacial score (nSPS) is 11.0. The lowest BCUT2D eigenvalue weighted by atomic mass is 10.2. The Balaban J connectivity index is 1.79. The summed E-state index contributed by atoms with van der Waals surface area (Å²) < 4.78 is 40.4. The molecule has 3 rings (SSSR count). The van der Waals surface area contributed by atoms with Gasteiger partial charge in [0.05, 0.1) is 23.8 Å². The van der Waals surface area contributed by atoms with Gasteiger partial charge in [-0.25, -0.2) is 4.98 Å². The smallest absolute Gasteiger partial charge is 0.387 e. The molecule has 0 atom stereocenters. The molecule has 3 aromatic rings. The molecule has 2 aromatic heterocycles. The molecule has 9 heteroatoms. The number of alkyl halides is 2. The van der Waals surface area contributed by atoms with Crippen molar-refractivity contribution in [2.24, 2.45) is 0 Å². The SMILES string of the molecule is C=CCOc1ccnc(CSc2nc3cc(OC)c(OC(F)F)cc3[nH]2)c1C. The van der Waals surface area contributed by atoms with E-state index in [2.05, 4.69) is 26.3 Å². The zero-order valence-corrected chi connectivity index (χ0v) is 16.2. The highest BCUT2D eigenvalue weighted by Gasteiger charge is 2.15. The fraction of sp³-hybridized carbons (Fsp3) is 0.263. The first-order valence-electron chi connectivity index (χ1n) is 8.35. The van der Waals surface area contributed by atoms with Crippen LogP contribution in [0.4, 0.5) is 8.78 Å². The van der Waals surface area contributed by atoms with Crippen LogP contribution in [0.1, 0.15) is 11.3 Å². The number of H-pyrrole nitrogens is 1. The standard InChI is InChI=1S/C19H19F2N3O3S/c1-4-7-26-15-5-6-22-14(11(15)2)10-28-19-23-12-8-16(25-3)17(27-18(20)21)9-13(12)24-19/h4-6,8-9,18H,1,7,10H2,2-3H3,(H,23,24). The summed E-state index contributed by atoms with van der Waals surface area (Å²) in [5.41, 5.74) is 2.98. The van der Waals surface area contributed by atoms with E-state index in [1.165, 1.54) is 24.9 Å². The number of halogens is 2. The number of nitrogens with one attached hydrogen (secondary N) is 1. The van der Waals surface area contributed by atoms with Gasteiger partial charge in [-0.05, 0) is 13.0 Å². The first-order chi connectivity index (χ1) is 13.5. The highest BCUT2D eigenvalue weighted by atomic mass is 32.2. The second-order valence-corrected chi connectivity index (χ2v) is 6.67. The predicted molar refractivity (Wildman–Crippen MR) is 104 cm³/mol. The number of hydrogen-bond acceptors (Lipinski definition) is 6. The van der Waals surface area contributed by atoms with Crippen LogP contribution in [-0.2, 0) is 5.75 Å². The Bertz CT molecular complexity index is 978. The van der Waals surface area contributed by atoms with Crippen molar-refractivity contribution >= 4 is 22.8 Å². The number of ether oxygens (including phenoxy) is 3. The van der Waals surface area contributed by atoms with Crippen LogP contribution in [0.5, 0.6) is 17.2 Å².